The quantitative estimate of drug-likeness (QED) is 0.736. The molecule has 72 valence electrons. The second-order valence-corrected chi connectivity index (χ2v) is 3.18. The van der Waals surface area contributed by atoms with Gasteiger partial charge in [0.1, 0.15) is 0 Å². The van der Waals surface area contributed by atoms with Crippen LogP contribution in [0.4, 0.5) is 0 Å². The molecule has 2 rings (SSSR count). The molecule has 0 aliphatic carbocycles. The lowest BCUT2D eigenvalue weighted by atomic mass is 10.1. The van der Waals surface area contributed by atoms with E-state index in [0.717, 1.165) is 16.5 Å². The fourth-order valence-corrected chi connectivity index (χ4v) is 1.51. The summed E-state index contributed by atoms with van der Waals surface area (Å²) in [6.45, 7) is 0. The van der Waals surface area contributed by atoms with Crippen molar-refractivity contribution in [3.63, 3.8) is 0 Å². The maximum atomic E-state index is 8.44. The summed E-state index contributed by atoms with van der Waals surface area (Å²) in [5.74, 6) is 0. The van der Waals surface area contributed by atoms with Gasteiger partial charge >= 0.3 is 0 Å². The van der Waals surface area contributed by atoms with Gasteiger partial charge in [0.2, 0.25) is 0 Å². The molecule has 1 aromatic heterocycles. The Morgan fingerprint density at radius 2 is 2.20 bits per heavy atom. The number of benzene rings is 1. The second kappa shape index (κ2) is 4.39. The van der Waals surface area contributed by atoms with Crippen LogP contribution in [-0.2, 0) is 0 Å². The van der Waals surface area contributed by atoms with Gasteiger partial charge in [0.05, 0.1) is 18.0 Å². The van der Waals surface area contributed by atoms with Gasteiger partial charge in [-0.15, -0.1) is 0 Å². The van der Waals surface area contributed by atoms with Crippen molar-refractivity contribution in [2.24, 2.45) is 0 Å². The smallest absolute Gasteiger partial charge is 0.0707 e. The first-order valence-corrected chi connectivity index (χ1v) is 4.79. The Bertz CT molecular complexity index is 530. The van der Waals surface area contributed by atoms with Crippen LogP contribution in [0.2, 0.25) is 0 Å². The Labute approximate surface area is 88.5 Å². The Morgan fingerprint density at radius 1 is 1.27 bits per heavy atom. The van der Waals surface area contributed by atoms with Crippen LogP contribution in [0.5, 0.6) is 0 Å². The first kappa shape index (κ1) is 9.42. The Kier molecular flexibility index (Phi) is 2.75. The summed E-state index contributed by atoms with van der Waals surface area (Å²) in [6.07, 6.45) is 6.05. The summed E-state index contributed by atoms with van der Waals surface area (Å²) in [5.41, 5.74) is 2.09. The van der Waals surface area contributed by atoms with Gasteiger partial charge in [0, 0.05) is 11.6 Å². The molecule has 2 nitrogen and oxygen atoms in total. The lowest BCUT2D eigenvalue weighted by molar-refractivity contribution is 1.36. The largest absolute Gasteiger partial charge is 0.256 e. The van der Waals surface area contributed by atoms with E-state index in [4.69, 9.17) is 5.26 Å². The van der Waals surface area contributed by atoms with Crippen molar-refractivity contribution in [3.05, 3.63) is 48.2 Å². The average molecular weight is 194 g/mol. The van der Waals surface area contributed by atoms with Crippen LogP contribution in [0.15, 0.2) is 42.6 Å². The number of nitrogens with zero attached hydrogens (tertiary/aromatic N) is 2. The van der Waals surface area contributed by atoms with Crippen molar-refractivity contribution in [1.82, 2.24) is 4.98 Å². The highest BCUT2D eigenvalue weighted by atomic mass is 14.6. The van der Waals surface area contributed by atoms with Crippen molar-refractivity contribution in [1.29, 1.82) is 5.26 Å². The van der Waals surface area contributed by atoms with E-state index in [2.05, 4.69) is 11.1 Å². The molecule has 0 spiro atoms. The SMILES string of the molecule is N#CCC=Cc1cccc2ncccc12. The molecule has 0 aliphatic rings. The number of hydrogen-bond donors (Lipinski definition) is 0. The standard InChI is InChI=1S/C13H10N2/c14-9-2-1-5-11-6-3-8-13-12(11)7-4-10-15-13/h1,3-8,10H,2H2. The molecule has 2 aromatic rings. The molecule has 0 fully saturated rings. The highest BCUT2D eigenvalue weighted by Crippen LogP contribution is 2.17. The van der Waals surface area contributed by atoms with Crippen LogP contribution < -0.4 is 0 Å². The predicted molar refractivity (Wildman–Crippen MR) is 61.0 cm³/mol. The highest BCUT2D eigenvalue weighted by molar-refractivity contribution is 5.87. The van der Waals surface area contributed by atoms with E-state index in [1.165, 1.54) is 0 Å². The van der Waals surface area contributed by atoms with Gasteiger partial charge in [-0.1, -0.05) is 30.4 Å². The summed E-state index contributed by atoms with van der Waals surface area (Å²) in [6, 6.07) is 12.0. The molecule has 0 bridgehead atoms. The molecule has 0 unspecified atom stereocenters. The zero-order chi connectivity index (χ0) is 10.5. The van der Waals surface area contributed by atoms with E-state index in [9.17, 15) is 0 Å². The van der Waals surface area contributed by atoms with Crippen molar-refractivity contribution >= 4 is 17.0 Å². The number of aromatic nitrogens is 1. The summed E-state index contributed by atoms with van der Waals surface area (Å²) in [5, 5.41) is 9.56. The number of pyridine rings is 1. The monoisotopic (exact) mass is 194 g/mol. The normalized spacial score (nSPS) is 10.6. The molecule has 0 saturated carbocycles. The Morgan fingerprint density at radius 3 is 3.07 bits per heavy atom. The van der Waals surface area contributed by atoms with E-state index < -0.39 is 0 Å². The third kappa shape index (κ3) is 2.03. The van der Waals surface area contributed by atoms with Gasteiger partial charge < -0.3 is 0 Å². The van der Waals surface area contributed by atoms with Gasteiger partial charge in [0.25, 0.3) is 0 Å². The van der Waals surface area contributed by atoms with Gasteiger partial charge in [-0.3, -0.25) is 4.98 Å². The minimum atomic E-state index is 0.441. The van der Waals surface area contributed by atoms with E-state index in [1.807, 2.05) is 42.5 Å². The van der Waals surface area contributed by atoms with Crippen LogP contribution >= 0.6 is 0 Å². The van der Waals surface area contributed by atoms with Crippen molar-refractivity contribution in [2.45, 2.75) is 6.42 Å². The molecule has 0 saturated heterocycles. The molecule has 1 aromatic carbocycles. The first-order chi connectivity index (χ1) is 7.42. The van der Waals surface area contributed by atoms with Gasteiger partial charge in [-0.25, -0.2) is 0 Å². The summed E-state index contributed by atoms with van der Waals surface area (Å²) in [7, 11) is 0. The third-order valence-electron chi connectivity index (χ3n) is 2.19. The molecule has 0 atom stereocenters. The second-order valence-electron chi connectivity index (χ2n) is 3.18. The third-order valence-corrected chi connectivity index (χ3v) is 2.19. The fraction of sp³-hybridized carbons (Fsp3) is 0.0769. The molecule has 0 amide bonds. The van der Waals surface area contributed by atoms with Crippen LogP contribution in [-0.4, -0.2) is 4.98 Å². The number of rotatable bonds is 2. The minimum Gasteiger partial charge on any atom is -0.256 e. The van der Waals surface area contributed by atoms with E-state index in [1.54, 1.807) is 6.20 Å². The van der Waals surface area contributed by atoms with Crippen LogP contribution in [0.1, 0.15) is 12.0 Å². The molecular formula is C13H10N2. The lowest BCUT2D eigenvalue weighted by Crippen LogP contribution is -1.80. The van der Waals surface area contributed by atoms with Crippen molar-refractivity contribution in [2.75, 3.05) is 0 Å². The van der Waals surface area contributed by atoms with E-state index >= 15 is 0 Å². The van der Waals surface area contributed by atoms with Crippen LogP contribution in [0.3, 0.4) is 0 Å². The molecule has 0 aliphatic heterocycles. The first-order valence-electron chi connectivity index (χ1n) is 4.79. The maximum absolute atomic E-state index is 8.44. The van der Waals surface area contributed by atoms with Gasteiger partial charge in [-0.05, 0) is 17.7 Å². The van der Waals surface area contributed by atoms with Crippen molar-refractivity contribution < 1.29 is 0 Å². The zero-order valence-electron chi connectivity index (χ0n) is 8.22. The molecule has 0 radical (unpaired) electrons. The number of allylic oxidation sites excluding steroid dienone is 1. The number of fused-ring (bicyclic) bond motifs is 1. The van der Waals surface area contributed by atoms with E-state index in [0.29, 0.717) is 6.42 Å². The van der Waals surface area contributed by atoms with Crippen LogP contribution in [0.25, 0.3) is 17.0 Å². The summed E-state index contributed by atoms with van der Waals surface area (Å²) >= 11 is 0. The predicted octanol–water partition coefficient (Wildman–Crippen LogP) is 3.16. The molecule has 0 N–H and O–H groups in total. The fourth-order valence-electron chi connectivity index (χ4n) is 1.51. The average Bonchev–Trinajstić information content (AvgIpc) is 2.30. The summed E-state index contributed by atoms with van der Waals surface area (Å²) in [4.78, 5) is 4.27. The zero-order valence-corrected chi connectivity index (χ0v) is 8.22. The number of nitriles is 1. The highest BCUT2D eigenvalue weighted by Gasteiger charge is 1.96. The molecular weight excluding hydrogens is 184 g/mol. The van der Waals surface area contributed by atoms with E-state index in [-0.39, 0.29) is 0 Å². The molecule has 2 heteroatoms. The minimum absolute atomic E-state index is 0.441. The topological polar surface area (TPSA) is 36.7 Å². The van der Waals surface area contributed by atoms with Crippen molar-refractivity contribution in [3.8, 4) is 6.07 Å². The lowest BCUT2D eigenvalue weighted by Gasteiger charge is -1.99. The maximum Gasteiger partial charge on any atom is 0.0707 e. The Balaban J connectivity index is 2.48. The molecule has 15 heavy (non-hydrogen) atoms. The number of hydrogen-bond acceptors (Lipinski definition) is 2. The van der Waals surface area contributed by atoms with Gasteiger partial charge in [-0.2, -0.15) is 5.26 Å². The summed E-state index contributed by atoms with van der Waals surface area (Å²) < 4.78 is 0. The van der Waals surface area contributed by atoms with Crippen LogP contribution in [0, 0.1) is 11.3 Å². The molecule has 1 heterocycles. The Hall–Kier alpha value is -2.14. The van der Waals surface area contributed by atoms with Gasteiger partial charge in [0.15, 0.2) is 0 Å².